The van der Waals surface area contributed by atoms with Crippen LogP contribution in [0.4, 0.5) is 5.82 Å². The van der Waals surface area contributed by atoms with Gasteiger partial charge in [-0.1, -0.05) is 13.8 Å². The van der Waals surface area contributed by atoms with Crippen LogP contribution in [0.3, 0.4) is 0 Å². The molecule has 2 aromatic rings. The van der Waals surface area contributed by atoms with Gasteiger partial charge in [0, 0.05) is 31.9 Å². The minimum Gasteiger partial charge on any atom is -0.356 e. The summed E-state index contributed by atoms with van der Waals surface area (Å²) < 4.78 is 1.84. The van der Waals surface area contributed by atoms with E-state index in [4.69, 9.17) is 0 Å². The van der Waals surface area contributed by atoms with Gasteiger partial charge in [0.2, 0.25) is 5.91 Å². The summed E-state index contributed by atoms with van der Waals surface area (Å²) in [4.78, 5) is 18.9. The maximum Gasteiger partial charge on any atom is 0.224 e. The monoisotopic (exact) mass is 301 g/mol. The quantitative estimate of drug-likeness (QED) is 0.934. The molecule has 0 aromatic carbocycles. The van der Waals surface area contributed by atoms with Crippen LogP contribution in [0, 0.1) is 11.8 Å². The zero-order chi connectivity index (χ0) is 15.5. The number of piperidine rings is 1. The van der Waals surface area contributed by atoms with Crippen LogP contribution in [0.2, 0.25) is 0 Å². The Morgan fingerprint density at radius 1 is 1.41 bits per heavy atom. The molecule has 1 saturated heterocycles. The van der Waals surface area contributed by atoms with Gasteiger partial charge in [-0.3, -0.25) is 4.79 Å². The summed E-state index contributed by atoms with van der Waals surface area (Å²) in [6.07, 6.45) is 5.52. The first-order valence-electron chi connectivity index (χ1n) is 7.96. The maximum absolute atomic E-state index is 12.3. The van der Waals surface area contributed by atoms with Gasteiger partial charge in [-0.05, 0) is 24.8 Å². The van der Waals surface area contributed by atoms with Gasteiger partial charge >= 0.3 is 0 Å². The van der Waals surface area contributed by atoms with Crippen molar-refractivity contribution in [1.82, 2.24) is 19.9 Å². The largest absolute Gasteiger partial charge is 0.356 e. The van der Waals surface area contributed by atoms with E-state index in [1.165, 1.54) is 0 Å². The van der Waals surface area contributed by atoms with Crippen molar-refractivity contribution in [3.8, 4) is 0 Å². The highest BCUT2D eigenvalue weighted by Crippen LogP contribution is 2.23. The molecule has 2 aromatic heterocycles. The average molecular weight is 301 g/mol. The van der Waals surface area contributed by atoms with Gasteiger partial charge in [-0.2, -0.15) is 9.61 Å². The first kappa shape index (κ1) is 14.8. The molecule has 3 rings (SSSR count). The summed E-state index contributed by atoms with van der Waals surface area (Å²) in [7, 11) is 0. The van der Waals surface area contributed by atoms with Crippen molar-refractivity contribution in [2.75, 3.05) is 24.5 Å². The van der Waals surface area contributed by atoms with Crippen LogP contribution in [0.15, 0.2) is 24.5 Å². The Morgan fingerprint density at radius 2 is 2.27 bits per heavy atom. The fraction of sp³-hybridized carbons (Fsp3) is 0.562. The second kappa shape index (κ2) is 6.34. The van der Waals surface area contributed by atoms with Crippen LogP contribution in [0.5, 0.6) is 0 Å². The highest BCUT2D eigenvalue weighted by atomic mass is 16.1. The summed E-state index contributed by atoms with van der Waals surface area (Å²) in [5.41, 5.74) is 0.837. The molecule has 3 heterocycles. The lowest BCUT2D eigenvalue weighted by Crippen LogP contribution is -2.44. The number of nitrogens with one attached hydrogen (secondary N) is 1. The van der Waals surface area contributed by atoms with E-state index in [2.05, 4.69) is 34.1 Å². The standard InChI is InChI=1S/C16H23N5O/c1-12(2)10-18-16(22)13-4-3-9-20(11-13)15-6-7-17-14-5-8-19-21(14)15/h5-8,12-13H,3-4,9-11H2,1-2H3,(H,18,22). The molecule has 0 spiro atoms. The van der Waals surface area contributed by atoms with Crippen LogP contribution >= 0.6 is 0 Å². The number of carbonyl (C=O) groups excluding carboxylic acids is 1. The first-order chi connectivity index (χ1) is 10.6. The van der Waals surface area contributed by atoms with Gasteiger partial charge in [0.05, 0.1) is 12.1 Å². The average Bonchev–Trinajstić information content (AvgIpc) is 3.01. The van der Waals surface area contributed by atoms with Gasteiger partial charge in [0.15, 0.2) is 5.65 Å². The van der Waals surface area contributed by atoms with Crippen molar-refractivity contribution < 1.29 is 4.79 Å². The Bertz CT molecular complexity index is 651. The van der Waals surface area contributed by atoms with Crippen molar-refractivity contribution >= 4 is 17.4 Å². The molecule has 0 bridgehead atoms. The van der Waals surface area contributed by atoms with Gasteiger partial charge in [0.25, 0.3) is 0 Å². The Hall–Kier alpha value is -2.11. The summed E-state index contributed by atoms with van der Waals surface area (Å²) in [5, 5.41) is 7.39. The fourth-order valence-electron chi connectivity index (χ4n) is 2.91. The number of rotatable bonds is 4. The number of carbonyl (C=O) groups is 1. The van der Waals surface area contributed by atoms with Gasteiger partial charge in [-0.25, -0.2) is 4.98 Å². The molecule has 6 heteroatoms. The zero-order valence-corrected chi connectivity index (χ0v) is 13.2. The number of hydrogen-bond acceptors (Lipinski definition) is 4. The van der Waals surface area contributed by atoms with Crippen LogP contribution < -0.4 is 10.2 Å². The van der Waals surface area contributed by atoms with E-state index in [0.717, 1.165) is 43.9 Å². The Labute approximate surface area is 130 Å². The van der Waals surface area contributed by atoms with Crippen LogP contribution in [-0.4, -0.2) is 40.1 Å². The number of nitrogens with zero attached hydrogens (tertiary/aromatic N) is 4. The molecule has 22 heavy (non-hydrogen) atoms. The van der Waals surface area contributed by atoms with Crippen LogP contribution in [-0.2, 0) is 4.79 Å². The van der Waals surface area contributed by atoms with Crippen molar-refractivity contribution in [2.45, 2.75) is 26.7 Å². The SMILES string of the molecule is CC(C)CNC(=O)C1CCCN(c2ccnc3ccnn23)C1. The maximum atomic E-state index is 12.3. The zero-order valence-electron chi connectivity index (χ0n) is 13.2. The van der Waals surface area contributed by atoms with Crippen molar-refractivity contribution in [2.24, 2.45) is 11.8 Å². The summed E-state index contributed by atoms with van der Waals surface area (Å²) in [6, 6.07) is 3.86. The smallest absolute Gasteiger partial charge is 0.224 e. The molecule has 1 atom stereocenters. The lowest BCUT2D eigenvalue weighted by molar-refractivity contribution is -0.125. The highest BCUT2D eigenvalue weighted by molar-refractivity contribution is 5.79. The number of aromatic nitrogens is 3. The Balaban J connectivity index is 1.73. The number of anilines is 1. The second-order valence-electron chi connectivity index (χ2n) is 6.33. The molecule has 118 valence electrons. The Kier molecular flexibility index (Phi) is 4.27. The third-order valence-corrected chi connectivity index (χ3v) is 4.07. The predicted molar refractivity (Wildman–Crippen MR) is 85.8 cm³/mol. The molecule has 1 fully saturated rings. The molecule has 1 aliphatic rings. The van der Waals surface area contributed by atoms with E-state index in [-0.39, 0.29) is 11.8 Å². The van der Waals surface area contributed by atoms with E-state index in [9.17, 15) is 4.79 Å². The molecule has 0 radical (unpaired) electrons. The molecule has 6 nitrogen and oxygen atoms in total. The molecule has 1 aliphatic heterocycles. The third-order valence-electron chi connectivity index (χ3n) is 4.07. The first-order valence-corrected chi connectivity index (χ1v) is 7.96. The number of hydrogen-bond donors (Lipinski definition) is 1. The van der Waals surface area contributed by atoms with Crippen LogP contribution in [0.1, 0.15) is 26.7 Å². The fourth-order valence-corrected chi connectivity index (χ4v) is 2.91. The molecule has 1 N–H and O–H groups in total. The van der Waals surface area contributed by atoms with E-state index >= 15 is 0 Å². The van der Waals surface area contributed by atoms with E-state index in [1.807, 2.05) is 16.6 Å². The van der Waals surface area contributed by atoms with Crippen molar-refractivity contribution in [3.05, 3.63) is 24.5 Å². The number of amides is 1. The van der Waals surface area contributed by atoms with Crippen molar-refractivity contribution in [1.29, 1.82) is 0 Å². The molecule has 0 saturated carbocycles. The van der Waals surface area contributed by atoms with E-state index in [1.54, 1.807) is 12.4 Å². The molecule has 0 aliphatic carbocycles. The lowest BCUT2D eigenvalue weighted by Gasteiger charge is -2.33. The third kappa shape index (κ3) is 3.05. The van der Waals surface area contributed by atoms with E-state index in [0.29, 0.717) is 5.92 Å². The van der Waals surface area contributed by atoms with E-state index < -0.39 is 0 Å². The summed E-state index contributed by atoms with van der Waals surface area (Å²) in [5.74, 6) is 1.71. The normalized spacial score (nSPS) is 18.9. The summed E-state index contributed by atoms with van der Waals surface area (Å²) in [6.45, 7) is 6.65. The topological polar surface area (TPSA) is 62.5 Å². The lowest BCUT2D eigenvalue weighted by atomic mass is 9.97. The molecule has 1 unspecified atom stereocenters. The number of fused-ring (bicyclic) bond motifs is 1. The molecule has 1 amide bonds. The van der Waals surface area contributed by atoms with Crippen LogP contribution in [0.25, 0.3) is 5.65 Å². The molecular weight excluding hydrogens is 278 g/mol. The second-order valence-corrected chi connectivity index (χ2v) is 6.33. The molecular formula is C16H23N5O. The summed E-state index contributed by atoms with van der Waals surface area (Å²) >= 11 is 0. The minimum absolute atomic E-state index is 0.0475. The predicted octanol–water partition coefficient (Wildman–Crippen LogP) is 1.72. The highest BCUT2D eigenvalue weighted by Gasteiger charge is 2.27. The van der Waals surface area contributed by atoms with Gasteiger partial charge in [0.1, 0.15) is 5.82 Å². The van der Waals surface area contributed by atoms with Crippen molar-refractivity contribution in [3.63, 3.8) is 0 Å². The minimum atomic E-state index is 0.0475. The van der Waals surface area contributed by atoms with Gasteiger partial charge < -0.3 is 10.2 Å². The van der Waals surface area contributed by atoms with Gasteiger partial charge in [-0.15, -0.1) is 0 Å². The Morgan fingerprint density at radius 3 is 3.09 bits per heavy atom.